The summed E-state index contributed by atoms with van der Waals surface area (Å²) < 4.78 is 41.7. The van der Waals surface area contributed by atoms with Crippen molar-refractivity contribution in [2.24, 2.45) is 5.92 Å². The van der Waals surface area contributed by atoms with Crippen molar-refractivity contribution in [3.63, 3.8) is 0 Å². The smallest absolute Gasteiger partial charge is 0.208 e. The molecule has 6 heteroatoms. The second-order valence-electron chi connectivity index (χ2n) is 5.26. The minimum atomic E-state index is -3.80. The third-order valence-electron chi connectivity index (χ3n) is 3.92. The van der Waals surface area contributed by atoms with E-state index in [1.165, 1.54) is 18.2 Å². The van der Waals surface area contributed by atoms with E-state index >= 15 is 0 Å². The fraction of sp³-hybridized carbons (Fsp3) is 0.571. The second kappa shape index (κ2) is 6.54. The summed E-state index contributed by atoms with van der Waals surface area (Å²) >= 11 is 3.13. The van der Waals surface area contributed by atoms with Crippen LogP contribution in [-0.4, -0.2) is 14.5 Å². The molecule has 1 aliphatic rings. The van der Waals surface area contributed by atoms with Gasteiger partial charge in [0.1, 0.15) is 10.7 Å². The van der Waals surface area contributed by atoms with E-state index in [0.717, 1.165) is 32.1 Å². The van der Waals surface area contributed by atoms with Gasteiger partial charge in [-0.15, -0.1) is 0 Å². The van der Waals surface area contributed by atoms with E-state index in [2.05, 4.69) is 27.6 Å². The fourth-order valence-corrected chi connectivity index (χ4v) is 4.54. The van der Waals surface area contributed by atoms with Crippen molar-refractivity contribution in [1.29, 1.82) is 0 Å². The molecule has 1 fully saturated rings. The molecule has 1 N–H and O–H groups in total. The zero-order valence-corrected chi connectivity index (χ0v) is 13.8. The van der Waals surface area contributed by atoms with Crippen LogP contribution in [0.5, 0.6) is 0 Å². The molecule has 2 rings (SSSR count). The third-order valence-corrected chi connectivity index (χ3v) is 5.94. The lowest BCUT2D eigenvalue weighted by molar-refractivity contribution is 0.282. The van der Waals surface area contributed by atoms with Crippen molar-refractivity contribution >= 4 is 26.0 Å². The first-order valence-electron chi connectivity index (χ1n) is 6.91. The highest BCUT2D eigenvalue weighted by atomic mass is 79.9. The molecule has 0 saturated heterocycles. The van der Waals surface area contributed by atoms with Crippen molar-refractivity contribution in [2.45, 2.75) is 50.0 Å². The van der Waals surface area contributed by atoms with Gasteiger partial charge in [-0.05, 0) is 37.0 Å². The lowest BCUT2D eigenvalue weighted by Gasteiger charge is -2.31. The molecule has 0 aromatic heterocycles. The van der Waals surface area contributed by atoms with Crippen molar-refractivity contribution in [2.75, 3.05) is 0 Å². The number of hydrogen-bond donors (Lipinski definition) is 1. The van der Waals surface area contributed by atoms with Crippen molar-refractivity contribution < 1.29 is 12.8 Å². The third kappa shape index (κ3) is 3.59. The van der Waals surface area contributed by atoms with Crippen LogP contribution in [0.15, 0.2) is 27.6 Å². The molecule has 1 saturated carbocycles. The van der Waals surface area contributed by atoms with E-state index < -0.39 is 15.8 Å². The topological polar surface area (TPSA) is 46.2 Å². The predicted molar refractivity (Wildman–Crippen MR) is 80.5 cm³/mol. The Morgan fingerprint density at radius 2 is 2.05 bits per heavy atom. The largest absolute Gasteiger partial charge is 0.243 e. The second-order valence-corrected chi connectivity index (χ2v) is 7.85. The van der Waals surface area contributed by atoms with Gasteiger partial charge in [-0.25, -0.2) is 17.5 Å². The van der Waals surface area contributed by atoms with Gasteiger partial charge in [0.05, 0.1) is 0 Å². The summed E-state index contributed by atoms with van der Waals surface area (Å²) in [7, 11) is -3.80. The number of rotatable bonds is 4. The van der Waals surface area contributed by atoms with Crippen LogP contribution < -0.4 is 4.72 Å². The molecule has 1 aromatic rings. The SMILES string of the molecule is CCC1CCCCC1NS(=O)(=O)c1ccc(Br)cc1F. The average Bonchev–Trinajstić information content (AvgIpc) is 2.38. The van der Waals surface area contributed by atoms with Gasteiger partial charge >= 0.3 is 0 Å². The fourth-order valence-electron chi connectivity index (χ4n) is 2.81. The Kier molecular flexibility index (Phi) is 5.20. The highest BCUT2D eigenvalue weighted by Crippen LogP contribution is 2.28. The molecule has 1 aliphatic carbocycles. The zero-order chi connectivity index (χ0) is 14.8. The summed E-state index contributed by atoms with van der Waals surface area (Å²) in [5, 5.41) is 0. The van der Waals surface area contributed by atoms with Crippen LogP contribution in [0, 0.1) is 11.7 Å². The van der Waals surface area contributed by atoms with Crippen LogP contribution in [-0.2, 0) is 10.0 Å². The highest BCUT2D eigenvalue weighted by molar-refractivity contribution is 9.10. The van der Waals surface area contributed by atoms with E-state index in [0.29, 0.717) is 10.4 Å². The first-order chi connectivity index (χ1) is 9.44. The minimum Gasteiger partial charge on any atom is -0.208 e. The van der Waals surface area contributed by atoms with Crippen LogP contribution in [0.25, 0.3) is 0 Å². The Morgan fingerprint density at radius 1 is 1.35 bits per heavy atom. The van der Waals surface area contributed by atoms with Gasteiger partial charge in [0.2, 0.25) is 10.0 Å². The molecule has 0 aliphatic heterocycles. The molecule has 3 nitrogen and oxygen atoms in total. The zero-order valence-electron chi connectivity index (χ0n) is 11.4. The lowest BCUT2D eigenvalue weighted by Crippen LogP contribution is -2.42. The maximum atomic E-state index is 13.8. The van der Waals surface area contributed by atoms with Crippen molar-refractivity contribution in [1.82, 2.24) is 4.72 Å². The lowest BCUT2D eigenvalue weighted by atomic mass is 9.83. The van der Waals surface area contributed by atoms with Gasteiger partial charge < -0.3 is 0 Å². The van der Waals surface area contributed by atoms with Crippen molar-refractivity contribution in [3.8, 4) is 0 Å². The molecular formula is C14H19BrFNO2S. The predicted octanol–water partition coefficient (Wildman–Crippen LogP) is 3.84. The molecule has 0 radical (unpaired) electrons. The molecule has 1 aromatic carbocycles. The van der Waals surface area contributed by atoms with E-state index in [9.17, 15) is 12.8 Å². The van der Waals surface area contributed by atoms with Gasteiger partial charge in [0.15, 0.2) is 0 Å². The summed E-state index contributed by atoms with van der Waals surface area (Å²) in [6, 6.07) is 3.93. The Hall–Kier alpha value is -0.460. The molecule has 0 spiro atoms. The van der Waals surface area contributed by atoms with E-state index in [-0.39, 0.29) is 10.9 Å². The first-order valence-corrected chi connectivity index (χ1v) is 9.19. The highest BCUT2D eigenvalue weighted by Gasteiger charge is 2.29. The number of benzene rings is 1. The van der Waals surface area contributed by atoms with Crippen LogP contribution >= 0.6 is 15.9 Å². The summed E-state index contributed by atoms with van der Waals surface area (Å²) in [5.41, 5.74) is 0. The van der Waals surface area contributed by atoms with E-state index in [1.807, 2.05) is 0 Å². The Labute approximate surface area is 128 Å². The number of hydrogen-bond acceptors (Lipinski definition) is 2. The molecule has 0 bridgehead atoms. The average molecular weight is 364 g/mol. The van der Waals surface area contributed by atoms with Gasteiger partial charge in [0, 0.05) is 10.5 Å². The molecule has 112 valence electrons. The molecule has 20 heavy (non-hydrogen) atoms. The van der Waals surface area contributed by atoms with Crippen LogP contribution in [0.2, 0.25) is 0 Å². The standard InChI is InChI=1S/C14H19BrFNO2S/c1-2-10-5-3-4-6-13(10)17-20(18,19)14-8-7-11(15)9-12(14)16/h7-10,13,17H,2-6H2,1H3. The van der Waals surface area contributed by atoms with Crippen LogP contribution in [0.4, 0.5) is 4.39 Å². The van der Waals surface area contributed by atoms with Gasteiger partial charge in [0.25, 0.3) is 0 Å². The van der Waals surface area contributed by atoms with Gasteiger partial charge in [-0.1, -0.05) is 42.1 Å². The summed E-state index contributed by atoms with van der Waals surface area (Å²) in [5.74, 6) is -0.382. The molecule has 0 amide bonds. The number of sulfonamides is 1. The Balaban J connectivity index is 2.22. The van der Waals surface area contributed by atoms with Crippen molar-refractivity contribution in [3.05, 3.63) is 28.5 Å². The van der Waals surface area contributed by atoms with Crippen LogP contribution in [0.3, 0.4) is 0 Å². The number of nitrogens with one attached hydrogen (secondary N) is 1. The summed E-state index contributed by atoms with van der Waals surface area (Å²) in [6.45, 7) is 2.07. The molecule has 2 unspecified atom stereocenters. The molecular weight excluding hydrogens is 345 g/mol. The minimum absolute atomic E-state index is 0.0817. The van der Waals surface area contributed by atoms with E-state index in [1.54, 1.807) is 0 Å². The van der Waals surface area contributed by atoms with Crippen LogP contribution in [0.1, 0.15) is 39.0 Å². The Bertz CT molecular complexity index is 577. The summed E-state index contributed by atoms with van der Waals surface area (Å²) in [4.78, 5) is -0.277. The number of halogens is 2. The van der Waals surface area contributed by atoms with Gasteiger partial charge in [-0.2, -0.15) is 0 Å². The molecule has 0 heterocycles. The maximum Gasteiger partial charge on any atom is 0.243 e. The maximum absolute atomic E-state index is 13.8. The molecule has 2 atom stereocenters. The van der Waals surface area contributed by atoms with Gasteiger partial charge in [-0.3, -0.25) is 0 Å². The first kappa shape index (κ1) is 15.9. The Morgan fingerprint density at radius 3 is 2.70 bits per heavy atom. The summed E-state index contributed by atoms with van der Waals surface area (Å²) in [6.07, 6.45) is 4.97. The normalized spacial score (nSPS) is 23.8. The van der Waals surface area contributed by atoms with E-state index in [4.69, 9.17) is 0 Å². The monoisotopic (exact) mass is 363 g/mol. The quantitative estimate of drug-likeness (QED) is 0.883.